The second kappa shape index (κ2) is 8.04. The number of aryl methyl sites for hydroxylation is 1. The normalized spacial score (nSPS) is 14.3. The number of phenolic OH excluding ortho intramolecular Hbond substituents is 1. The second-order valence-electron chi connectivity index (χ2n) is 6.57. The summed E-state index contributed by atoms with van der Waals surface area (Å²) in [6.07, 6.45) is 4.23. The first-order chi connectivity index (χ1) is 12.6. The van der Waals surface area contributed by atoms with E-state index in [4.69, 9.17) is 4.74 Å². The number of carbonyl (C=O) groups is 2. The van der Waals surface area contributed by atoms with Gasteiger partial charge in [0.05, 0.1) is 12.7 Å². The lowest BCUT2D eigenvalue weighted by atomic mass is 9.96. The van der Waals surface area contributed by atoms with Gasteiger partial charge in [-0.05, 0) is 60.6 Å². The van der Waals surface area contributed by atoms with Crippen LogP contribution in [0.2, 0.25) is 0 Å². The number of ether oxygens (including phenoxy) is 1. The van der Waals surface area contributed by atoms with Crippen molar-refractivity contribution in [3.8, 4) is 5.75 Å². The summed E-state index contributed by atoms with van der Waals surface area (Å²) < 4.78 is 4.81. The molecular formula is C21H23NO4. The van der Waals surface area contributed by atoms with Gasteiger partial charge in [-0.1, -0.05) is 24.3 Å². The predicted octanol–water partition coefficient (Wildman–Crippen LogP) is 3.60. The summed E-state index contributed by atoms with van der Waals surface area (Å²) in [4.78, 5) is 24.2. The van der Waals surface area contributed by atoms with Crippen molar-refractivity contribution in [1.82, 2.24) is 5.32 Å². The lowest BCUT2D eigenvalue weighted by Gasteiger charge is -2.19. The smallest absolute Gasteiger partial charge is 0.335 e. The number of nitrogens with one attached hydrogen (secondary N) is 1. The summed E-state index contributed by atoms with van der Waals surface area (Å²) in [5, 5.41) is 14.4. The Labute approximate surface area is 152 Å². The van der Waals surface area contributed by atoms with Gasteiger partial charge in [0, 0.05) is 12.1 Å². The van der Waals surface area contributed by atoms with Crippen LogP contribution in [0.3, 0.4) is 0 Å². The number of methoxy groups -OCH3 is 1. The zero-order valence-corrected chi connectivity index (χ0v) is 14.9. The molecule has 0 fully saturated rings. The highest BCUT2D eigenvalue weighted by Crippen LogP contribution is 2.24. The molecule has 0 bridgehead atoms. The van der Waals surface area contributed by atoms with Crippen LogP contribution < -0.4 is 5.32 Å². The van der Waals surface area contributed by atoms with Gasteiger partial charge in [-0.15, -0.1) is 0 Å². The maximum Gasteiger partial charge on any atom is 0.335 e. The fourth-order valence-corrected chi connectivity index (χ4v) is 3.32. The molecule has 1 amide bonds. The fraction of sp³-hybridized carbons (Fsp3) is 0.333. The van der Waals surface area contributed by atoms with Crippen molar-refractivity contribution in [2.24, 2.45) is 0 Å². The molecule has 136 valence electrons. The van der Waals surface area contributed by atoms with E-state index in [1.807, 2.05) is 24.3 Å². The number of esters is 1. The zero-order chi connectivity index (χ0) is 18.5. The highest BCUT2D eigenvalue weighted by molar-refractivity contribution is 5.91. The van der Waals surface area contributed by atoms with Crippen LogP contribution in [0, 0.1) is 0 Å². The molecule has 2 N–H and O–H groups in total. The Hall–Kier alpha value is -2.82. The lowest BCUT2D eigenvalue weighted by molar-refractivity contribution is -0.136. The lowest BCUT2D eigenvalue weighted by Crippen LogP contribution is -2.27. The van der Waals surface area contributed by atoms with Gasteiger partial charge >= 0.3 is 5.97 Å². The summed E-state index contributed by atoms with van der Waals surface area (Å²) in [5.74, 6) is -0.196. The van der Waals surface area contributed by atoms with Crippen LogP contribution in [0.25, 0.3) is 10.8 Å². The number of aromatic hydroxyl groups is 1. The minimum absolute atomic E-state index is 0.0888. The van der Waals surface area contributed by atoms with Crippen LogP contribution in [-0.4, -0.2) is 24.1 Å². The van der Waals surface area contributed by atoms with E-state index in [9.17, 15) is 14.7 Å². The molecule has 5 nitrogen and oxygen atoms in total. The molecule has 0 heterocycles. The topological polar surface area (TPSA) is 75.6 Å². The van der Waals surface area contributed by atoms with Gasteiger partial charge in [-0.3, -0.25) is 4.79 Å². The summed E-state index contributed by atoms with van der Waals surface area (Å²) >= 11 is 0. The fourth-order valence-electron chi connectivity index (χ4n) is 3.32. The molecule has 2 aromatic rings. The largest absolute Gasteiger partial charge is 0.508 e. The van der Waals surface area contributed by atoms with Crippen LogP contribution in [-0.2, 0) is 20.7 Å². The Balaban J connectivity index is 1.64. The number of carbonyl (C=O) groups excluding carboxylic acids is 2. The standard InChI is InChI=1S/C21H23NO4/c1-26-21(25)18-4-2-3-5-19(18)22-20(24)11-7-14-6-8-16-13-17(23)10-9-15(16)12-14/h6,8-10,12-13,23H,2-5,7,11H2,1H3,(H,22,24). The molecule has 26 heavy (non-hydrogen) atoms. The third-order valence-corrected chi connectivity index (χ3v) is 4.72. The maximum absolute atomic E-state index is 12.3. The van der Waals surface area contributed by atoms with Gasteiger partial charge in [-0.25, -0.2) is 4.79 Å². The zero-order valence-electron chi connectivity index (χ0n) is 14.9. The molecule has 2 aromatic carbocycles. The van der Waals surface area contributed by atoms with E-state index in [1.54, 1.807) is 12.1 Å². The van der Waals surface area contributed by atoms with E-state index < -0.39 is 0 Å². The minimum atomic E-state index is -0.349. The van der Waals surface area contributed by atoms with Crippen molar-refractivity contribution in [2.45, 2.75) is 38.5 Å². The first kappa shape index (κ1) is 18.0. The number of rotatable bonds is 5. The van der Waals surface area contributed by atoms with Gasteiger partial charge in [-0.2, -0.15) is 0 Å². The third kappa shape index (κ3) is 4.23. The summed E-state index contributed by atoms with van der Waals surface area (Å²) in [5.41, 5.74) is 2.36. The molecule has 3 rings (SSSR count). The van der Waals surface area contributed by atoms with Gasteiger partial charge in [0.15, 0.2) is 0 Å². The van der Waals surface area contributed by atoms with Gasteiger partial charge in [0.2, 0.25) is 5.91 Å². The molecule has 0 spiro atoms. The van der Waals surface area contributed by atoms with E-state index in [1.165, 1.54) is 7.11 Å². The summed E-state index contributed by atoms with van der Waals surface area (Å²) in [7, 11) is 1.36. The van der Waals surface area contributed by atoms with Crippen molar-refractivity contribution >= 4 is 22.6 Å². The number of phenols is 1. The molecule has 0 unspecified atom stereocenters. The Kier molecular flexibility index (Phi) is 5.56. The number of hydrogen-bond donors (Lipinski definition) is 2. The second-order valence-corrected chi connectivity index (χ2v) is 6.57. The third-order valence-electron chi connectivity index (χ3n) is 4.72. The molecule has 0 aliphatic heterocycles. The molecule has 5 heteroatoms. The van der Waals surface area contributed by atoms with Crippen molar-refractivity contribution in [3.05, 3.63) is 53.2 Å². The van der Waals surface area contributed by atoms with Crippen molar-refractivity contribution in [3.63, 3.8) is 0 Å². The SMILES string of the molecule is COC(=O)C1=C(NC(=O)CCc2ccc3cc(O)ccc3c2)CCCC1. The maximum atomic E-state index is 12.3. The van der Waals surface area contributed by atoms with Gasteiger partial charge in [0.1, 0.15) is 5.75 Å². The number of benzene rings is 2. The Morgan fingerprint density at radius 1 is 1.08 bits per heavy atom. The van der Waals surface area contributed by atoms with E-state index in [0.717, 1.165) is 29.2 Å². The Bertz CT molecular complexity index is 869. The van der Waals surface area contributed by atoms with E-state index in [-0.39, 0.29) is 17.6 Å². The summed E-state index contributed by atoms with van der Waals surface area (Å²) in [6, 6.07) is 11.2. The van der Waals surface area contributed by atoms with Crippen LogP contribution in [0.5, 0.6) is 5.75 Å². The van der Waals surface area contributed by atoms with Crippen LogP contribution >= 0.6 is 0 Å². The van der Waals surface area contributed by atoms with Crippen molar-refractivity contribution in [2.75, 3.05) is 7.11 Å². The van der Waals surface area contributed by atoms with E-state index in [0.29, 0.717) is 37.0 Å². The first-order valence-electron chi connectivity index (χ1n) is 8.88. The monoisotopic (exact) mass is 353 g/mol. The first-order valence-corrected chi connectivity index (χ1v) is 8.88. The molecule has 0 aromatic heterocycles. The van der Waals surface area contributed by atoms with E-state index in [2.05, 4.69) is 5.32 Å². The van der Waals surface area contributed by atoms with Gasteiger partial charge < -0.3 is 15.2 Å². The minimum Gasteiger partial charge on any atom is -0.508 e. The van der Waals surface area contributed by atoms with Crippen LogP contribution in [0.15, 0.2) is 47.7 Å². The number of hydrogen-bond acceptors (Lipinski definition) is 4. The quantitative estimate of drug-likeness (QED) is 0.806. The molecular weight excluding hydrogens is 330 g/mol. The molecule has 0 saturated carbocycles. The van der Waals surface area contributed by atoms with Crippen molar-refractivity contribution < 1.29 is 19.4 Å². The molecule has 0 saturated heterocycles. The average Bonchev–Trinajstić information content (AvgIpc) is 2.66. The van der Waals surface area contributed by atoms with Crippen molar-refractivity contribution in [1.29, 1.82) is 0 Å². The molecule has 0 atom stereocenters. The predicted molar refractivity (Wildman–Crippen MR) is 99.6 cm³/mol. The molecule has 1 aliphatic carbocycles. The van der Waals surface area contributed by atoms with E-state index >= 15 is 0 Å². The molecule has 1 aliphatic rings. The highest BCUT2D eigenvalue weighted by atomic mass is 16.5. The van der Waals surface area contributed by atoms with Crippen LogP contribution in [0.1, 0.15) is 37.7 Å². The van der Waals surface area contributed by atoms with Crippen LogP contribution in [0.4, 0.5) is 0 Å². The number of amides is 1. The van der Waals surface area contributed by atoms with Gasteiger partial charge in [0.25, 0.3) is 0 Å². The number of allylic oxidation sites excluding steroid dienone is 1. The number of fused-ring (bicyclic) bond motifs is 1. The average molecular weight is 353 g/mol. The molecule has 0 radical (unpaired) electrons. The Morgan fingerprint density at radius 2 is 1.81 bits per heavy atom. The Morgan fingerprint density at radius 3 is 2.62 bits per heavy atom. The highest BCUT2D eigenvalue weighted by Gasteiger charge is 2.21. The summed E-state index contributed by atoms with van der Waals surface area (Å²) in [6.45, 7) is 0.